The van der Waals surface area contributed by atoms with Crippen molar-refractivity contribution in [2.75, 3.05) is 14.2 Å². The first-order chi connectivity index (χ1) is 10.2. The second-order valence-corrected chi connectivity index (χ2v) is 5.27. The van der Waals surface area contributed by atoms with Crippen molar-refractivity contribution in [1.82, 2.24) is 5.32 Å². The number of hydrogen-bond acceptors (Lipinski definition) is 5. The van der Waals surface area contributed by atoms with Gasteiger partial charge in [0.15, 0.2) is 5.84 Å². The lowest BCUT2D eigenvalue weighted by Crippen LogP contribution is -2.26. The zero-order valence-corrected chi connectivity index (χ0v) is 12.5. The first-order valence-corrected chi connectivity index (χ1v) is 7.09. The molecule has 1 saturated carbocycles. The summed E-state index contributed by atoms with van der Waals surface area (Å²) >= 11 is 0. The van der Waals surface area contributed by atoms with E-state index in [0.717, 1.165) is 31.4 Å². The van der Waals surface area contributed by atoms with Gasteiger partial charge in [0.25, 0.3) is 0 Å². The van der Waals surface area contributed by atoms with E-state index in [0.29, 0.717) is 23.5 Å². The summed E-state index contributed by atoms with van der Waals surface area (Å²) in [6.45, 7) is 0.758. The highest BCUT2D eigenvalue weighted by Gasteiger charge is 2.23. The van der Waals surface area contributed by atoms with E-state index in [-0.39, 0.29) is 5.84 Å². The van der Waals surface area contributed by atoms with Crippen molar-refractivity contribution in [2.24, 2.45) is 10.9 Å². The van der Waals surface area contributed by atoms with Crippen molar-refractivity contribution in [1.29, 1.82) is 0 Å². The molecule has 1 fully saturated rings. The van der Waals surface area contributed by atoms with Gasteiger partial charge >= 0.3 is 0 Å². The van der Waals surface area contributed by atoms with E-state index in [4.69, 9.17) is 20.4 Å². The lowest BCUT2D eigenvalue weighted by atomic mass is 10.1. The van der Waals surface area contributed by atoms with E-state index in [9.17, 15) is 0 Å². The van der Waals surface area contributed by atoms with Gasteiger partial charge in [-0.3, -0.25) is 0 Å². The van der Waals surface area contributed by atoms with Crippen LogP contribution in [0.1, 0.15) is 30.4 Å². The first kappa shape index (κ1) is 15.6. The van der Waals surface area contributed by atoms with Crippen LogP contribution >= 0.6 is 0 Å². The molecule has 6 heteroatoms. The van der Waals surface area contributed by atoms with Gasteiger partial charge < -0.3 is 25.7 Å². The van der Waals surface area contributed by atoms with Crippen molar-refractivity contribution >= 4 is 5.84 Å². The highest BCUT2D eigenvalue weighted by molar-refractivity contribution is 5.99. The highest BCUT2D eigenvalue weighted by atomic mass is 16.5. The van der Waals surface area contributed by atoms with Crippen LogP contribution in [0.2, 0.25) is 0 Å². The lowest BCUT2D eigenvalue weighted by Gasteiger charge is -2.14. The molecule has 0 spiro atoms. The molecule has 0 saturated heterocycles. The van der Waals surface area contributed by atoms with Gasteiger partial charge in [-0.15, -0.1) is 0 Å². The number of methoxy groups -OCH3 is 2. The Kier molecular flexibility index (Phi) is 5.41. The summed E-state index contributed by atoms with van der Waals surface area (Å²) in [6, 6.07) is 6.15. The molecule has 0 radical (unpaired) electrons. The zero-order chi connectivity index (χ0) is 15.2. The molecule has 116 valence electrons. The smallest absolute Gasteiger partial charge is 0.173 e. The van der Waals surface area contributed by atoms with Crippen molar-refractivity contribution in [3.05, 3.63) is 29.3 Å². The maximum absolute atomic E-state index is 8.76. The maximum Gasteiger partial charge on any atom is 0.173 e. The quantitative estimate of drug-likeness (QED) is 0.320. The predicted octanol–water partition coefficient (Wildman–Crippen LogP) is 1.45. The molecule has 1 aliphatic rings. The van der Waals surface area contributed by atoms with E-state index in [1.807, 2.05) is 12.1 Å². The second-order valence-electron chi connectivity index (χ2n) is 5.27. The maximum atomic E-state index is 8.76. The van der Waals surface area contributed by atoms with Crippen LogP contribution in [-0.4, -0.2) is 37.4 Å². The van der Waals surface area contributed by atoms with Crippen LogP contribution in [0.4, 0.5) is 0 Å². The third-order valence-corrected chi connectivity index (χ3v) is 3.96. The van der Waals surface area contributed by atoms with Crippen molar-refractivity contribution in [2.45, 2.75) is 38.0 Å². The van der Waals surface area contributed by atoms with E-state index in [2.05, 4.69) is 10.5 Å². The summed E-state index contributed by atoms with van der Waals surface area (Å²) in [5.74, 6) is 0.649. The van der Waals surface area contributed by atoms with Crippen LogP contribution in [-0.2, 0) is 11.3 Å². The number of hydrogen-bond donors (Lipinski definition) is 3. The van der Waals surface area contributed by atoms with Gasteiger partial charge in [0.1, 0.15) is 5.75 Å². The van der Waals surface area contributed by atoms with Gasteiger partial charge in [-0.2, -0.15) is 0 Å². The Bertz CT molecular complexity index is 505. The molecule has 1 aliphatic carbocycles. The van der Waals surface area contributed by atoms with Gasteiger partial charge in [-0.25, -0.2) is 0 Å². The van der Waals surface area contributed by atoms with Crippen molar-refractivity contribution < 1.29 is 14.7 Å². The van der Waals surface area contributed by atoms with E-state index < -0.39 is 0 Å². The molecule has 1 aromatic rings. The Hall–Kier alpha value is -1.79. The van der Waals surface area contributed by atoms with E-state index >= 15 is 0 Å². The number of nitrogens with two attached hydrogens (primary N) is 1. The minimum absolute atomic E-state index is 0.0464. The lowest BCUT2D eigenvalue weighted by molar-refractivity contribution is 0.107. The van der Waals surface area contributed by atoms with Gasteiger partial charge in [0, 0.05) is 19.7 Å². The van der Waals surface area contributed by atoms with Crippen molar-refractivity contribution in [3.8, 4) is 5.75 Å². The predicted molar refractivity (Wildman–Crippen MR) is 80.8 cm³/mol. The largest absolute Gasteiger partial charge is 0.496 e. The molecule has 0 heterocycles. The van der Waals surface area contributed by atoms with E-state index in [1.54, 1.807) is 20.3 Å². The molecule has 0 aliphatic heterocycles. The fourth-order valence-electron chi connectivity index (χ4n) is 2.71. The van der Waals surface area contributed by atoms with Gasteiger partial charge in [0.2, 0.25) is 0 Å². The Morgan fingerprint density at radius 3 is 2.86 bits per heavy atom. The molecule has 2 atom stereocenters. The van der Waals surface area contributed by atoms with Crippen LogP contribution in [0, 0.1) is 0 Å². The number of nitrogens with one attached hydrogen (secondary N) is 1. The average Bonchev–Trinajstić information content (AvgIpc) is 3.00. The van der Waals surface area contributed by atoms with Crippen LogP contribution in [0.25, 0.3) is 0 Å². The number of nitrogens with zero attached hydrogens (tertiary/aromatic N) is 1. The summed E-state index contributed by atoms with van der Waals surface area (Å²) in [4.78, 5) is 0. The molecule has 2 unspecified atom stereocenters. The van der Waals surface area contributed by atoms with Gasteiger partial charge in [0.05, 0.1) is 18.8 Å². The van der Waals surface area contributed by atoms with E-state index in [1.165, 1.54) is 0 Å². The summed E-state index contributed by atoms with van der Waals surface area (Å²) in [7, 11) is 3.34. The number of amidine groups is 1. The third-order valence-electron chi connectivity index (χ3n) is 3.96. The normalized spacial score (nSPS) is 22.5. The van der Waals surface area contributed by atoms with Crippen LogP contribution in [0.3, 0.4) is 0 Å². The second kappa shape index (κ2) is 7.28. The molecule has 0 bridgehead atoms. The fourth-order valence-corrected chi connectivity index (χ4v) is 2.71. The topological polar surface area (TPSA) is 89.1 Å². The number of benzene rings is 1. The van der Waals surface area contributed by atoms with Gasteiger partial charge in [-0.05, 0) is 37.0 Å². The highest BCUT2D eigenvalue weighted by Crippen LogP contribution is 2.23. The molecule has 0 aromatic heterocycles. The first-order valence-electron chi connectivity index (χ1n) is 7.09. The SMILES string of the molecule is COc1cc(CNC2CCC(OC)C2)ccc1/C(N)=N/O. The standard InChI is InChI=1S/C15H23N3O3/c1-20-12-5-4-11(8-12)17-9-10-3-6-13(15(16)18-19)14(7-10)21-2/h3,6-7,11-12,17,19H,4-5,8-9H2,1-2H3,(H2,16,18). The van der Waals surface area contributed by atoms with Crippen LogP contribution in [0.15, 0.2) is 23.4 Å². The molecule has 6 nitrogen and oxygen atoms in total. The Balaban J connectivity index is 1.98. The van der Waals surface area contributed by atoms with Crippen LogP contribution < -0.4 is 15.8 Å². The number of oxime groups is 1. The Morgan fingerprint density at radius 2 is 2.24 bits per heavy atom. The average molecular weight is 293 g/mol. The van der Waals surface area contributed by atoms with Crippen molar-refractivity contribution in [3.63, 3.8) is 0 Å². The molecule has 0 amide bonds. The Labute approximate surface area is 124 Å². The van der Waals surface area contributed by atoms with Crippen LogP contribution in [0.5, 0.6) is 5.75 Å². The molecule has 2 rings (SSSR count). The third kappa shape index (κ3) is 3.86. The molecular formula is C15H23N3O3. The monoisotopic (exact) mass is 293 g/mol. The molecular weight excluding hydrogens is 270 g/mol. The molecule has 21 heavy (non-hydrogen) atoms. The number of rotatable bonds is 6. The summed E-state index contributed by atoms with van der Waals surface area (Å²) in [5, 5.41) is 15.3. The zero-order valence-electron chi connectivity index (χ0n) is 12.5. The molecule has 4 N–H and O–H groups in total. The summed E-state index contributed by atoms with van der Waals surface area (Å²) in [6.07, 6.45) is 3.67. The minimum atomic E-state index is 0.0464. The Morgan fingerprint density at radius 1 is 1.43 bits per heavy atom. The molecule has 1 aromatic carbocycles. The summed E-state index contributed by atoms with van der Waals surface area (Å²) in [5.41, 5.74) is 7.30. The summed E-state index contributed by atoms with van der Waals surface area (Å²) < 4.78 is 10.7. The number of ether oxygens (including phenoxy) is 2. The fraction of sp³-hybridized carbons (Fsp3) is 0.533. The van der Waals surface area contributed by atoms with Gasteiger partial charge in [-0.1, -0.05) is 11.2 Å². The minimum Gasteiger partial charge on any atom is -0.496 e.